The van der Waals surface area contributed by atoms with Crippen molar-refractivity contribution in [3.63, 3.8) is 0 Å². The summed E-state index contributed by atoms with van der Waals surface area (Å²) in [6.07, 6.45) is 2.60. The van der Waals surface area contributed by atoms with Crippen LogP contribution in [0.2, 0.25) is 0 Å². The molecule has 1 N–H and O–H groups in total. The number of hydrogen-bond acceptors (Lipinski definition) is 3. The summed E-state index contributed by atoms with van der Waals surface area (Å²) in [7, 11) is 0. The topological polar surface area (TPSA) is 68.0 Å². The van der Waals surface area contributed by atoms with Gasteiger partial charge in [0.25, 0.3) is 0 Å². The van der Waals surface area contributed by atoms with Crippen LogP contribution in [0.3, 0.4) is 0 Å². The molecule has 0 aliphatic rings. The van der Waals surface area contributed by atoms with Crippen molar-refractivity contribution >= 4 is 17.0 Å². The maximum absolute atomic E-state index is 11.0. The highest BCUT2D eigenvalue weighted by atomic mass is 16.4. The molecule has 1 aromatic carbocycles. The van der Waals surface area contributed by atoms with Crippen molar-refractivity contribution in [2.24, 2.45) is 0 Å². The van der Waals surface area contributed by atoms with E-state index in [2.05, 4.69) is 14.5 Å². The van der Waals surface area contributed by atoms with Gasteiger partial charge in [-0.25, -0.2) is 9.78 Å². The number of benzene rings is 1. The van der Waals surface area contributed by atoms with Crippen LogP contribution < -0.4 is 0 Å². The zero-order valence-corrected chi connectivity index (χ0v) is 11.7. The van der Waals surface area contributed by atoms with Crippen molar-refractivity contribution in [2.45, 2.75) is 19.9 Å². The maximum Gasteiger partial charge on any atom is 0.335 e. The minimum Gasteiger partial charge on any atom is -0.478 e. The van der Waals surface area contributed by atoms with Gasteiger partial charge in [0.15, 0.2) is 0 Å². The van der Waals surface area contributed by atoms with Crippen LogP contribution in [0.5, 0.6) is 0 Å². The summed E-state index contributed by atoms with van der Waals surface area (Å²) in [6, 6.07) is 10.9. The van der Waals surface area contributed by atoms with Crippen LogP contribution in [0.1, 0.15) is 21.9 Å². The highest BCUT2D eigenvalue weighted by Crippen LogP contribution is 2.18. The Labute approximate surface area is 121 Å². The lowest BCUT2D eigenvalue weighted by Gasteiger charge is -2.06. The van der Waals surface area contributed by atoms with Gasteiger partial charge >= 0.3 is 5.97 Å². The number of nitrogens with zero attached hydrogens (tertiary/aromatic N) is 3. The number of imidazole rings is 1. The molecule has 0 saturated carbocycles. The average molecular weight is 281 g/mol. The molecule has 5 heteroatoms. The third-order valence-corrected chi connectivity index (χ3v) is 3.50. The Kier molecular flexibility index (Phi) is 3.39. The number of aryl methyl sites for hydroxylation is 3. The van der Waals surface area contributed by atoms with Crippen molar-refractivity contribution in [2.75, 3.05) is 0 Å². The highest BCUT2D eigenvalue weighted by Gasteiger charge is 2.10. The van der Waals surface area contributed by atoms with Gasteiger partial charge in [0.2, 0.25) is 0 Å². The summed E-state index contributed by atoms with van der Waals surface area (Å²) in [6.45, 7) is 2.70. The molecule has 0 unspecified atom stereocenters. The molecule has 0 saturated heterocycles. The first-order valence-electron chi connectivity index (χ1n) is 6.75. The van der Waals surface area contributed by atoms with E-state index in [1.165, 1.54) is 0 Å². The summed E-state index contributed by atoms with van der Waals surface area (Å²) in [4.78, 5) is 19.8. The molecule has 5 nitrogen and oxygen atoms in total. The fourth-order valence-electron chi connectivity index (χ4n) is 2.44. The Morgan fingerprint density at radius 2 is 2.14 bits per heavy atom. The Balaban J connectivity index is 1.91. The number of pyridine rings is 1. The van der Waals surface area contributed by atoms with E-state index in [9.17, 15) is 4.79 Å². The number of carboxylic acid groups (broad SMARTS) is 1. The molecule has 0 aliphatic carbocycles. The third kappa shape index (κ3) is 2.63. The van der Waals surface area contributed by atoms with E-state index in [4.69, 9.17) is 5.11 Å². The minimum absolute atomic E-state index is 0.261. The number of aromatic nitrogens is 3. The number of hydrogen-bond donors (Lipinski definition) is 1. The second-order valence-electron chi connectivity index (χ2n) is 4.89. The number of aromatic carboxylic acids is 1. The second-order valence-corrected chi connectivity index (χ2v) is 4.89. The zero-order chi connectivity index (χ0) is 14.8. The van der Waals surface area contributed by atoms with Crippen LogP contribution in [-0.4, -0.2) is 25.6 Å². The Hall–Kier alpha value is -2.69. The van der Waals surface area contributed by atoms with Crippen molar-refractivity contribution in [3.8, 4) is 0 Å². The molecule has 0 bridgehead atoms. The van der Waals surface area contributed by atoms with E-state index >= 15 is 0 Å². The van der Waals surface area contributed by atoms with Gasteiger partial charge < -0.3 is 9.67 Å². The van der Waals surface area contributed by atoms with Crippen LogP contribution in [-0.2, 0) is 13.0 Å². The molecule has 0 atom stereocenters. The van der Waals surface area contributed by atoms with Crippen LogP contribution in [0.25, 0.3) is 11.0 Å². The maximum atomic E-state index is 11.0. The van der Waals surface area contributed by atoms with E-state index in [1.54, 1.807) is 18.3 Å². The molecule has 2 heterocycles. The summed E-state index contributed by atoms with van der Waals surface area (Å²) < 4.78 is 2.09. The van der Waals surface area contributed by atoms with Gasteiger partial charge in [-0.3, -0.25) is 4.98 Å². The van der Waals surface area contributed by atoms with E-state index in [1.807, 2.05) is 31.2 Å². The first-order valence-corrected chi connectivity index (χ1v) is 6.75. The van der Waals surface area contributed by atoms with Crippen molar-refractivity contribution in [3.05, 3.63) is 59.7 Å². The summed E-state index contributed by atoms with van der Waals surface area (Å²) >= 11 is 0. The van der Waals surface area contributed by atoms with Gasteiger partial charge in [-0.05, 0) is 37.3 Å². The molecule has 2 aromatic heterocycles. The fraction of sp³-hybridized carbons (Fsp3) is 0.188. The van der Waals surface area contributed by atoms with Gasteiger partial charge in [0.1, 0.15) is 5.82 Å². The standard InChI is InChI=1S/C16H15N3O2/c1-11-18-14-10-12(16(20)21)5-6-15(14)19(11)9-7-13-4-2-3-8-17-13/h2-6,8,10H,7,9H2,1H3,(H,20,21). The third-order valence-electron chi connectivity index (χ3n) is 3.50. The lowest BCUT2D eigenvalue weighted by Crippen LogP contribution is -2.04. The molecule has 3 rings (SSSR count). The van der Waals surface area contributed by atoms with Crippen LogP contribution >= 0.6 is 0 Å². The fourth-order valence-corrected chi connectivity index (χ4v) is 2.44. The predicted molar refractivity (Wildman–Crippen MR) is 79.4 cm³/mol. The zero-order valence-electron chi connectivity index (χ0n) is 11.7. The monoisotopic (exact) mass is 281 g/mol. The Morgan fingerprint density at radius 3 is 2.86 bits per heavy atom. The number of fused-ring (bicyclic) bond motifs is 1. The van der Waals surface area contributed by atoms with Crippen LogP contribution in [0, 0.1) is 6.92 Å². The summed E-state index contributed by atoms with van der Waals surface area (Å²) in [5.74, 6) is -0.0546. The summed E-state index contributed by atoms with van der Waals surface area (Å²) in [5.41, 5.74) is 2.96. The highest BCUT2D eigenvalue weighted by molar-refractivity contribution is 5.92. The second kappa shape index (κ2) is 5.36. The van der Waals surface area contributed by atoms with Crippen LogP contribution in [0.15, 0.2) is 42.6 Å². The number of rotatable bonds is 4. The SMILES string of the molecule is Cc1nc2cc(C(=O)O)ccc2n1CCc1ccccn1. The molecule has 106 valence electrons. The van der Waals surface area contributed by atoms with E-state index < -0.39 is 5.97 Å². The first kappa shape index (κ1) is 13.3. The Morgan fingerprint density at radius 1 is 1.29 bits per heavy atom. The molecule has 21 heavy (non-hydrogen) atoms. The normalized spacial score (nSPS) is 10.9. The van der Waals surface area contributed by atoms with Gasteiger partial charge in [0, 0.05) is 24.9 Å². The van der Waals surface area contributed by atoms with Crippen molar-refractivity contribution < 1.29 is 9.90 Å². The molecule has 3 aromatic rings. The molecule has 0 amide bonds. The lowest BCUT2D eigenvalue weighted by molar-refractivity contribution is 0.0697. The van der Waals surface area contributed by atoms with Gasteiger partial charge in [-0.1, -0.05) is 6.07 Å². The molecule has 0 radical (unpaired) electrons. The molecular formula is C16H15N3O2. The smallest absolute Gasteiger partial charge is 0.335 e. The van der Waals surface area contributed by atoms with Gasteiger partial charge in [0.05, 0.1) is 16.6 Å². The molecule has 0 aliphatic heterocycles. The predicted octanol–water partition coefficient (Wildman–Crippen LogP) is 2.68. The first-order chi connectivity index (χ1) is 10.1. The largest absolute Gasteiger partial charge is 0.478 e. The van der Waals surface area contributed by atoms with E-state index in [0.29, 0.717) is 5.52 Å². The quantitative estimate of drug-likeness (QED) is 0.798. The molecule has 0 fully saturated rings. The Bertz CT molecular complexity index is 794. The number of carbonyl (C=O) groups is 1. The molecular weight excluding hydrogens is 266 g/mol. The van der Waals surface area contributed by atoms with Crippen LogP contribution in [0.4, 0.5) is 0 Å². The van der Waals surface area contributed by atoms with Crippen molar-refractivity contribution in [1.82, 2.24) is 14.5 Å². The van der Waals surface area contributed by atoms with Crippen molar-refractivity contribution in [1.29, 1.82) is 0 Å². The van der Waals surface area contributed by atoms with E-state index in [0.717, 1.165) is 30.0 Å². The number of carboxylic acids is 1. The van der Waals surface area contributed by atoms with E-state index in [-0.39, 0.29) is 5.56 Å². The summed E-state index contributed by atoms with van der Waals surface area (Å²) in [5, 5.41) is 9.03. The van der Waals surface area contributed by atoms with Gasteiger partial charge in [-0.15, -0.1) is 0 Å². The lowest BCUT2D eigenvalue weighted by atomic mass is 10.2. The molecule has 0 spiro atoms. The average Bonchev–Trinajstić information content (AvgIpc) is 2.80. The minimum atomic E-state index is -0.933. The van der Waals surface area contributed by atoms with Gasteiger partial charge in [-0.2, -0.15) is 0 Å².